The van der Waals surface area contributed by atoms with Crippen molar-refractivity contribution in [3.8, 4) is 0 Å². The lowest BCUT2D eigenvalue weighted by molar-refractivity contribution is 0.909. The quantitative estimate of drug-likeness (QED) is 0.650. The van der Waals surface area contributed by atoms with E-state index in [9.17, 15) is 0 Å². The first-order valence-corrected chi connectivity index (χ1v) is 4.12. The Morgan fingerprint density at radius 2 is 2.56 bits per heavy atom. The van der Waals surface area contributed by atoms with Gasteiger partial charge >= 0.3 is 0 Å². The molecule has 1 aromatic heterocycles. The molecule has 9 heavy (non-hydrogen) atoms. The van der Waals surface area contributed by atoms with Crippen LogP contribution in [0, 0.1) is 0 Å². The molecule has 1 heterocycles. The summed E-state index contributed by atoms with van der Waals surface area (Å²) in [5.74, 6) is 0. The molecule has 0 radical (unpaired) electrons. The normalized spacial score (nSPS) is 10.0. The molecule has 0 aliphatic carbocycles. The van der Waals surface area contributed by atoms with Gasteiger partial charge in [0.1, 0.15) is 4.34 Å². The molecule has 1 nitrogen and oxygen atoms in total. The molecule has 0 aromatic carbocycles. The standard InChI is InChI=1S/C6H8ClNS/c1-2-3-6-8-4-5(7)9-6/h4H,2-3H2,1H3. The first-order valence-electron chi connectivity index (χ1n) is 2.93. The van der Waals surface area contributed by atoms with Crippen LogP contribution >= 0.6 is 22.9 Å². The van der Waals surface area contributed by atoms with Crippen LogP contribution in [0.4, 0.5) is 0 Å². The first-order chi connectivity index (χ1) is 4.33. The Balaban J connectivity index is 2.61. The van der Waals surface area contributed by atoms with E-state index in [-0.39, 0.29) is 0 Å². The van der Waals surface area contributed by atoms with Crippen LogP contribution in [0.5, 0.6) is 0 Å². The van der Waals surface area contributed by atoms with Gasteiger partial charge in [0, 0.05) is 0 Å². The highest BCUT2D eigenvalue weighted by Crippen LogP contribution is 2.18. The highest BCUT2D eigenvalue weighted by Gasteiger charge is 1.95. The first kappa shape index (κ1) is 7.03. The highest BCUT2D eigenvalue weighted by atomic mass is 35.5. The lowest BCUT2D eigenvalue weighted by Gasteiger charge is -1.84. The van der Waals surface area contributed by atoms with Gasteiger partial charge in [-0.1, -0.05) is 18.5 Å². The molecule has 0 saturated heterocycles. The molecule has 3 heteroatoms. The minimum absolute atomic E-state index is 0.790. The summed E-state index contributed by atoms with van der Waals surface area (Å²) in [5, 5.41) is 1.14. The number of thiazole rings is 1. The zero-order chi connectivity index (χ0) is 6.69. The Hall–Kier alpha value is -0.0800. The van der Waals surface area contributed by atoms with Crippen molar-refractivity contribution in [1.29, 1.82) is 0 Å². The third kappa shape index (κ3) is 1.95. The zero-order valence-corrected chi connectivity index (χ0v) is 6.80. The Kier molecular flexibility index (Phi) is 2.49. The Morgan fingerprint density at radius 3 is 3.00 bits per heavy atom. The maximum absolute atomic E-state index is 5.65. The molecule has 50 valence electrons. The molecule has 1 aromatic rings. The molecule has 0 aliphatic rings. The second-order valence-electron chi connectivity index (χ2n) is 1.81. The van der Waals surface area contributed by atoms with Gasteiger partial charge in [0.15, 0.2) is 0 Å². The fourth-order valence-corrected chi connectivity index (χ4v) is 1.68. The summed E-state index contributed by atoms with van der Waals surface area (Å²) >= 11 is 7.22. The molecular weight excluding hydrogens is 154 g/mol. The van der Waals surface area contributed by atoms with Gasteiger partial charge in [-0.05, 0) is 12.8 Å². The molecule has 0 unspecified atom stereocenters. The summed E-state index contributed by atoms with van der Waals surface area (Å²) in [6, 6.07) is 0. The largest absolute Gasteiger partial charge is 0.248 e. The second kappa shape index (κ2) is 3.18. The van der Waals surface area contributed by atoms with Crippen LogP contribution in [0.3, 0.4) is 0 Å². The average Bonchev–Trinajstić information content (AvgIpc) is 2.17. The van der Waals surface area contributed by atoms with E-state index in [4.69, 9.17) is 11.6 Å². The van der Waals surface area contributed by atoms with Crippen molar-refractivity contribution in [1.82, 2.24) is 4.98 Å². The lowest BCUT2D eigenvalue weighted by Crippen LogP contribution is -1.76. The smallest absolute Gasteiger partial charge is 0.113 e. The average molecular weight is 162 g/mol. The predicted octanol–water partition coefficient (Wildman–Crippen LogP) is 2.75. The molecule has 0 aliphatic heterocycles. The third-order valence-corrected chi connectivity index (χ3v) is 2.16. The highest BCUT2D eigenvalue weighted by molar-refractivity contribution is 7.15. The van der Waals surface area contributed by atoms with Gasteiger partial charge < -0.3 is 0 Å². The molecule has 0 atom stereocenters. The second-order valence-corrected chi connectivity index (χ2v) is 3.55. The van der Waals surface area contributed by atoms with E-state index in [1.165, 1.54) is 0 Å². The van der Waals surface area contributed by atoms with Crippen molar-refractivity contribution >= 4 is 22.9 Å². The van der Waals surface area contributed by atoms with E-state index in [0.29, 0.717) is 0 Å². The number of rotatable bonds is 2. The minimum Gasteiger partial charge on any atom is -0.248 e. The maximum Gasteiger partial charge on any atom is 0.113 e. The van der Waals surface area contributed by atoms with E-state index in [1.807, 2.05) is 0 Å². The lowest BCUT2D eigenvalue weighted by atomic mass is 10.4. The third-order valence-electron chi connectivity index (χ3n) is 0.989. The Bertz CT molecular complexity index is 185. The van der Waals surface area contributed by atoms with Crippen LogP contribution in [0.2, 0.25) is 4.34 Å². The molecule has 1 rings (SSSR count). The minimum atomic E-state index is 0.790. The summed E-state index contributed by atoms with van der Waals surface area (Å²) in [6.07, 6.45) is 3.90. The summed E-state index contributed by atoms with van der Waals surface area (Å²) in [4.78, 5) is 4.09. The summed E-state index contributed by atoms with van der Waals surface area (Å²) in [5.41, 5.74) is 0. The van der Waals surface area contributed by atoms with Crippen molar-refractivity contribution in [2.45, 2.75) is 19.8 Å². The monoisotopic (exact) mass is 161 g/mol. The number of hydrogen-bond donors (Lipinski definition) is 0. The van der Waals surface area contributed by atoms with Gasteiger partial charge in [0.2, 0.25) is 0 Å². The Labute approximate surface area is 63.7 Å². The Morgan fingerprint density at radius 1 is 1.78 bits per heavy atom. The molecular formula is C6H8ClNS. The van der Waals surface area contributed by atoms with Crippen molar-refractivity contribution in [3.05, 3.63) is 15.5 Å². The van der Waals surface area contributed by atoms with E-state index in [0.717, 1.165) is 22.2 Å². The molecule has 0 bridgehead atoms. The summed E-state index contributed by atoms with van der Waals surface area (Å²) in [7, 11) is 0. The van der Waals surface area contributed by atoms with Gasteiger partial charge in [-0.2, -0.15) is 0 Å². The fourth-order valence-electron chi connectivity index (χ4n) is 0.617. The van der Waals surface area contributed by atoms with Crippen molar-refractivity contribution in [2.24, 2.45) is 0 Å². The topological polar surface area (TPSA) is 12.9 Å². The van der Waals surface area contributed by atoms with Crippen molar-refractivity contribution in [2.75, 3.05) is 0 Å². The molecule has 0 spiro atoms. The SMILES string of the molecule is CCCc1ncc(Cl)s1. The maximum atomic E-state index is 5.65. The van der Waals surface area contributed by atoms with E-state index in [2.05, 4.69) is 11.9 Å². The van der Waals surface area contributed by atoms with E-state index >= 15 is 0 Å². The number of aryl methyl sites for hydroxylation is 1. The summed E-state index contributed by atoms with van der Waals surface area (Å²) in [6.45, 7) is 2.13. The van der Waals surface area contributed by atoms with Gasteiger partial charge in [0.05, 0.1) is 11.2 Å². The van der Waals surface area contributed by atoms with Gasteiger partial charge in [-0.15, -0.1) is 11.3 Å². The number of hydrogen-bond acceptors (Lipinski definition) is 2. The molecule has 0 N–H and O–H groups in total. The molecule has 0 saturated carbocycles. The molecule has 0 fully saturated rings. The van der Waals surface area contributed by atoms with Crippen LogP contribution in [0.25, 0.3) is 0 Å². The predicted molar refractivity (Wildman–Crippen MR) is 41.1 cm³/mol. The van der Waals surface area contributed by atoms with Crippen LogP contribution in [-0.4, -0.2) is 4.98 Å². The molecule has 0 amide bonds. The van der Waals surface area contributed by atoms with Gasteiger partial charge in [-0.25, -0.2) is 4.98 Å². The zero-order valence-electron chi connectivity index (χ0n) is 5.22. The van der Waals surface area contributed by atoms with Crippen LogP contribution in [0.15, 0.2) is 6.20 Å². The van der Waals surface area contributed by atoms with E-state index < -0.39 is 0 Å². The van der Waals surface area contributed by atoms with Gasteiger partial charge in [0.25, 0.3) is 0 Å². The van der Waals surface area contributed by atoms with Crippen LogP contribution in [-0.2, 0) is 6.42 Å². The fraction of sp³-hybridized carbons (Fsp3) is 0.500. The van der Waals surface area contributed by atoms with E-state index in [1.54, 1.807) is 17.5 Å². The number of aromatic nitrogens is 1. The van der Waals surface area contributed by atoms with Gasteiger partial charge in [-0.3, -0.25) is 0 Å². The van der Waals surface area contributed by atoms with Crippen LogP contribution in [0.1, 0.15) is 18.4 Å². The van der Waals surface area contributed by atoms with Crippen molar-refractivity contribution < 1.29 is 0 Å². The van der Waals surface area contributed by atoms with Crippen molar-refractivity contribution in [3.63, 3.8) is 0 Å². The number of halogens is 1. The van der Waals surface area contributed by atoms with Crippen LogP contribution < -0.4 is 0 Å². The number of nitrogens with zero attached hydrogens (tertiary/aromatic N) is 1. The summed E-state index contributed by atoms with van der Waals surface area (Å²) < 4.78 is 0.790.